The lowest BCUT2D eigenvalue weighted by molar-refractivity contribution is -0.881. The summed E-state index contributed by atoms with van der Waals surface area (Å²) in [7, 11) is 4.95. The minimum Gasteiger partial charge on any atom is -0.479 e. The van der Waals surface area contributed by atoms with Crippen molar-refractivity contribution in [2.24, 2.45) is 0 Å². The molecule has 6 nitrogen and oxygen atoms in total. The zero-order chi connectivity index (χ0) is 10.9. The summed E-state index contributed by atoms with van der Waals surface area (Å²) in [6.45, 7) is -0.277. The summed E-state index contributed by atoms with van der Waals surface area (Å²) < 4.78 is 0.136. The summed E-state index contributed by atoms with van der Waals surface area (Å²) in [5, 5.41) is 35.6. The van der Waals surface area contributed by atoms with E-state index in [0.29, 0.717) is 0 Å². The highest BCUT2D eigenvalue weighted by molar-refractivity contribution is 5.73. The Hall–Kier alpha value is -0.690. The van der Waals surface area contributed by atoms with E-state index in [1.165, 1.54) is 0 Å². The smallest absolute Gasteiger partial charge is 0.338 e. The zero-order valence-electron chi connectivity index (χ0n) is 7.93. The summed E-state index contributed by atoms with van der Waals surface area (Å²) >= 11 is 0. The van der Waals surface area contributed by atoms with Crippen LogP contribution in [0.4, 0.5) is 0 Å². The highest BCUT2D eigenvalue weighted by atomic mass is 16.5. The lowest BCUT2D eigenvalue weighted by Gasteiger charge is -2.32. The number of nitrogens with zero attached hydrogens (tertiary/aromatic N) is 1. The van der Waals surface area contributed by atoms with Gasteiger partial charge in [-0.1, -0.05) is 0 Å². The third kappa shape index (κ3) is 4.18. The maximum atomic E-state index is 10.3. The molecular formula is C7H16NO5+. The predicted octanol–water partition coefficient (Wildman–Crippen LogP) is -2.18. The Morgan fingerprint density at radius 2 is 1.77 bits per heavy atom. The molecule has 0 saturated heterocycles. The van der Waals surface area contributed by atoms with Crippen molar-refractivity contribution >= 4 is 5.97 Å². The molecule has 1 atom stereocenters. The number of carboxylic acid groups (broad SMARTS) is 1. The van der Waals surface area contributed by atoms with Crippen LogP contribution in [0.15, 0.2) is 0 Å². The maximum absolute atomic E-state index is 10.3. The van der Waals surface area contributed by atoms with Crippen LogP contribution in [0.1, 0.15) is 0 Å². The van der Waals surface area contributed by atoms with E-state index in [2.05, 4.69) is 0 Å². The summed E-state index contributed by atoms with van der Waals surface area (Å²) in [6.07, 6.45) is -2.19. The number of hydrogen-bond acceptors (Lipinski definition) is 4. The number of aliphatic hydroxyl groups is 3. The number of likely N-dealkylation sites (N-methyl/N-ethyl adjacent to an activating group) is 1. The molecule has 0 rings (SSSR count). The van der Waals surface area contributed by atoms with Crippen LogP contribution in [0.2, 0.25) is 0 Å². The van der Waals surface area contributed by atoms with Crippen LogP contribution in [0.3, 0.4) is 0 Å². The van der Waals surface area contributed by atoms with Crippen molar-refractivity contribution in [3.05, 3.63) is 0 Å². The van der Waals surface area contributed by atoms with E-state index in [1.807, 2.05) is 0 Å². The first kappa shape index (κ1) is 12.3. The van der Waals surface area contributed by atoms with Gasteiger partial charge in [0.05, 0.1) is 21.1 Å². The molecule has 0 spiro atoms. The first-order valence-corrected chi connectivity index (χ1v) is 3.72. The molecule has 1 unspecified atom stereocenters. The van der Waals surface area contributed by atoms with Crippen LogP contribution in [0, 0.1) is 0 Å². The Bertz CT molecular complexity index is 196. The zero-order valence-corrected chi connectivity index (χ0v) is 7.93. The minimum atomic E-state index is -2.61. The van der Waals surface area contributed by atoms with E-state index in [0.717, 1.165) is 0 Å². The van der Waals surface area contributed by atoms with E-state index < -0.39 is 17.9 Å². The Morgan fingerprint density at radius 3 is 2.00 bits per heavy atom. The van der Waals surface area contributed by atoms with Crippen molar-refractivity contribution in [2.45, 2.75) is 11.9 Å². The molecule has 0 amide bonds. The topological polar surface area (TPSA) is 98.0 Å². The van der Waals surface area contributed by atoms with Crippen molar-refractivity contribution in [2.75, 3.05) is 27.7 Å². The Balaban J connectivity index is 4.48. The third-order valence-corrected chi connectivity index (χ3v) is 1.38. The summed E-state index contributed by atoms with van der Waals surface area (Å²) in [4.78, 5) is 10.3. The second-order valence-corrected chi connectivity index (χ2v) is 4.07. The monoisotopic (exact) mass is 194 g/mol. The highest BCUT2D eigenvalue weighted by Gasteiger charge is 2.43. The summed E-state index contributed by atoms with van der Waals surface area (Å²) in [5.74, 6) is -4.26. The molecule has 13 heavy (non-hydrogen) atoms. The number of quaternary nitrogens is 1. The fourth-order valence-corrected chi connectivity index (χ4v) is 0.982. The number of aliphatic hydroxyl groups excluding tert-OH is 1. The maximum Gasteiger partial charge on any atom is 0.338 e. The average Bonchev–Trinajstić information content (AvgIpc) is 1.80. The van der Waals surface area contributed by atoms with Gasteiger partial charge in [-0.2, -0.15) is 0 Å². The molecule has 4 N–H and O–H groups in total. The molecule has 0 aliphatic rings. The van der Waals surface area contributed by atoms with Crippen molar-refractivity contribution < 1.29 is 29.7 Å². The molecule has 0 aromatic carbocycles. The number of aliphatic carboxylic acids is 1. The molecule has 0 saturated carbocycles. The molecule has 0 bridgehead atoms. The standard InChI is InChI=1S/C7H15NO5/c1-8(2,3)4-7(12,13)5(9)6(10)11/h5,9,12-13H,4H2,1-3H3/p+1. The van der Waals surface area contributed by atoms with Gasteiger partial charge in [0, 0.05) is 0 Å². The first-order chi connectivity index (χ1) is 5.56. The van der Waals surface area contributed by atoms with Crippen LogP contribution in [-0.2, 0) is 4.79 Å². The van der Waals surface area contributed by atoms with Gasteiger partial charge in [-0.15, -0.1) is 0 Å². The molecular weight excluding hydrogens is 178 g/mol. The molecule has 78 valence electrons. The van der Waals surface area contributed by atoms with Gasteiger partial charge >= 0.3 is 5.97 Å². The van der Waals surface area contributed by atoms with Crippen LogP contribution < -0.4 is 0 Å². The van der Waals surface area contributed by atoms with Gasteiger partial charge in [0.15, 0.2) is 0 Å². The average molecular weight is 194 g/mol. The van der Waals surface area contributed by atoms with Gasteiger partial charge in [-0.25, -0.2) is 4.79 Å². The van der Waals surface area contributed by atoms with Crippen molar-refractivity contribution in [3.63, 3.8) is 0 Å². The van der Waals surface area contributed by atoms with Crippen LogP contribution >= 0.6 is 0 Å². The number of hydrogen-bond donors (Lipinski definition) is 4. The van der Waals surface area contributed by atoms with Gasteiger partial charge in [0.1, 0.15) is 6.54 Å². The lowest BCUT2D eigenvalue weighted by atomic mass is 10.1. The number of rotatable bonds is 4. The van der Waals surface area contributed by atoms with E-state index in [9.17, 15) is 15.0 Å². The summed E-state index contributed by atoms with van der Waals surface area (Å²) in [5.41, 5.74) is 0. The van der Waals surface area contributed by atoms with Gasteiger partial charge in [0.2, 0.25) is 6.10 Å². The van der Waals surface area contributed by atoms with Crippen LogP contribution in [0.5, 0.6) is 0 Å². The quantitative estimate of drug-likeness (QED) is 0.301. The Labute approximate surface area is 76.2 Å². The largest absolute Gasteiger partial charge is 0.479 e. The normalized spacial score (nSPS) is 15.5. The van der Waals surface area contributed by atoms with Gasteiger partial charge in [-0.05, 0) is 0 Å². The van der Waals surface area contributed by atoms with Crippen LogP contribution in [-0.4, -0.2) is 70.5 Å². The first-order valence-electron chi connectivity index (χ1n) is 3.72. The van der Waals surface area contributed by atoms with Crippen LogP contribution in [0.25, 0.3) is 0 Å². The fraction of sp³-hybridized carbons (Fsp3) is 0.857. The molecule has 6 heteroatoms. The van der Waals surface area contributed by atoms with E-state index in [1.54, 1.807) is 21.1 Å². The molecule has 0 fully saturated rings. The lowest BCUT2D eigenvalue weighted by Crippen LogP contribution is -2.57. The van der Waals surface area contributed by atoms with Gasteiger partial charge in [0.25, 0.3) is 5.79 Å². The fourth-order valence-electron chi connectivity index (χ4n) is 0.982. The van der Waals surface area contributed by atoms with Crippen molar-refractivity contribution in [1.82, 2.24) is 0 Å². The number of carbonyl (C=O) groups is 1. The Morgan fingerprint density at radius 1 is 1.38 bits per heavy atom. The third-order valence-electron chi connectivity index (χ3n) is 1.38. The molecule has 0 aromatic heterocycles. The molecule has 0 aliphatic heterocycles. The second-order valence-electron chi connectivity index (χ2n) is 4.07. The highest BCUT2D eigenvalue weighted by Crippen LogP contribution is 2.11. The Kier molecular flexibility index (Phi) is 3.40. The van der Waals surface area contributed by atoms with E-state index >= 15 is 0 Å². The molecule has 0 heterocycles. The van der Waals surface area contributed by atoms with Gasteiger partial charge in [-0.3, -0.25) is 0 Å². The summed E-state index contributed by atoms with van der Waals surface area (Å²) in [6, 6.07) is 0. The molecule has 0 aromatic rings. The minimum absolute atomic E-state index is 0.136. The van der Waals surface area contributed by atoms with Crippen molar-refractivity contribution in [3.8, 4) is 0 Å². The van der Waals surface area contributed by atoms with Gasteiger partial charge < -0.3 is 24.9 Å². The number of carboxylic acids is 1. The van der Waals surface area contributed by atoms with E-state index in [4.69, 9.17) is 10.2 Å². The second kappa shape index (κ2) is 3.59. The van der Waals surface area contributed by atoms with E-state index in [-0.39, 0.29) is 11.0 Å². The van der Waals surface area contributed by atoms with Crippen molar-refractivity contribution in [1.29, 1.82) is 0 Å². The molecule has 0 aliphatic carbocycles. The predicted molar refractivity (Wildman–Crippen MR) is 43.7 cm³/mol. The SMILES string of the molecule is C[N+](C)(C)CC(O)(O)C(O)C(=O)O. The molecule has 0 radical (unpaired) electrons.